The minimum absolute atomic E-state index is 0.103. The molecule has 0 unspecified atom stereocenters. The molecule has 0 atom stereocenters. The van der Waals surface area contributed by atoms with Gasteiger partial charge in [-0.2, -0.15) is 5.10 Å². The molecule has 5 heteroatoms. The van der Waals surface area contributed by atoms with E-state index < -0.39 is 0 Å². The van der Waals surface area contributed by atoms with Gasteiger partial charge in [-0.05, 0) is 56.7 Å². The Labute approximate surface area is 173 Å². The third-order valence-corrected chi connectivity index (χ3v) is 4.80. The van der Waals surface area contributed by atoms with Gasteiger partial charge in [0.2, 0.25) is 0 Å². The van der Waals surface area contributed by atoms with Crippen molar-refractivity contribution in [2.24, 2.45) is 5.10 Å². The van der Waals surface area contributed by atoms with Gasteiger partial charge in [0.05, 0.1) is 10.7 Å². The molecule has 4 nitrogen and oxygen atoms in total. The van der Waals surface area contributed by atoms with Crippen LogP contribution in [0.15, 0.2) is 82.4 Å². The molecule has 0 aliphatic heterocycles. The highest BCUT2D eigenvalue weighted by atomic mass is 79.9. The smallest absolute Gasteiger partial charge is 0.277 e. The molecule has 1 amide bonds. The van der Waals surface area contributed by atoms with E-state index in [4.69, 9.17) is 4.74 Å². The first-order chi connectivity index (χ1) is 13.7. The van der Waals surface area contributed by atoms with Crippen LogP contribution in [0.1, 0.15) is 18.1 Å². The number of rotatable bonds is 7. The molecule has 0 aromatic heterocycles. The highest BCUT2D eigenvalue weighted by Crippen LogP contribution is 2.26. The van der Waals surface area contributed by atoms with E-state index in [1.54, 1.807) is 6.21 Å². The summed E-state index contributed by atoms with van der Waals surface area (Å²) in [5, 5.41) is 3.99. The molecule has 142 valence electrons. The summed E-state index contributed by atoms with van der Waals surface area (Å²) in [6, 6.07) is 24.0. The van der Waals surface area contributed by atoms with E-state index in [9.17, 15) is 4.79 Å². The fraction of sp³-hybridized carbons (Fsp3) is 0.130. The van der Waals surface area contributed by atoms with E-state index in [-0.39, 0.29) is 12.5 Å². The zero-order valence-corrected chi connectivity index (χ0v) is 17.1. The second kappa shape index (κ2) is 9.85. The Balaban J connectivity index is 1.49. The van der Waals surface area contributed by atoms with Crippen LogP contribution in [0, 0.1) is 0 Å². The number of hydrogen-bond acceptors (Lipinski definition) is 3. The van der Waals surface area contributed by atoms with Crippen LogP contribution in [0.3, 0.4) is 0 Å². The van der Waals surface area contributed by atoms with Gasteiger partial charge in [0, 0.05) is 0 Å². The molecule has 3 rings (SSSR count). The topological polar surface area (TPSA) is 50.7 Å². The zero-order valence-electron chi connectivity index (χ0n) is 15.6. The molecule has 1 N–H and O–H groups in total. The Kier molecular flexibility index (Phi) is 6.98. The minimum Gasteiger partial charge on any atom is -0.483 e. The number of benzene rings is 3. The molecule has 0 aliphatic carbocycles. The standard InChI is InChI=1S/C23H21BrN2O2/c1-2-17-10-13-22(21(24)14-17)28-16-23(27)26-25-15-18-8-11-20(12-9-18)19-6-4-3-5-7-19/h3-15H,2,16H2,1H3,(H,26,27). The lowest BCUT2D eigenvalue weighted by atomic mass is 10.0. The van der Waals surface area contributed by atoms with Crippen LogP contribution in [0.2, 0.25) is 0 Å². The predicted molar refractivity (Wildman–Crippen MR) is 117 cm³/mol. The van der Waals surface area contributed by atoms with E-state index in [0.29, 0.717) is 5.75 Å². The molecule has 0 bridgehead atoms. The summed E-state index contributed by atoms with van der Waals surface area (Å²) in [5.41, 5.74) is 6.88. The molecule has 0 aliphatic rings. The Morgan fingerprint density at radius 3 is 2.43 bits per heavy atom. The molecule has 0 fully saturated rings. The molecule has 0 radical (unpaired) electrons. The number of amides is 1. The molecule has 0 saturated heterocycles. The number of nitrogens with one attached hydrogen (secondary N) is 1. The maximum Gasteiger partial charge on any atom is 0.277 e. The number of nitrogens with zero attached hydrogens (tertiary/aromatic N) is 1. The number of carbonyl (C=O) groups is 1. The molecular formula is C23H21BrN2O2. The highest BCUT2D eigenvalue weighted by Gasteiger charge is 2.05. The molecule has 28 heavy (non-hydrogen) atoms. The van der Waals surface area contributed by atoms with Crippen molar-refractivity contribution in [3.63, 3.8) is 0 Å². The number of hydrazone groups is 1. The van der Waals surface area contributed by atoms with E-state index in [2.05, 4.69) is 45.5 Å². The number of halogens is 1. The van der Waals surface area contributed by atoms with Gasteiger partial charge in [-0.3, -0.25) is 4.79 Å². The summed E-state index contributed by atoms with van der Waals surface area (Å²) in [4.78, 5) is 11.9. The van der Waals surface area contributed by atoms with E-state index in [1.165, 1.54) is 5.56 Å². The fourth-order valence-electron chi connectivity index (χ4n) is 2.63. The van der Waals surface area contributed by atoms with Crippen molar-refractivity contribution in [2.45, 2.75) is 13.3 Å². The summed E-state index contributed by atoms with van der Waals surface area (Å²) in [5.74, 6) is 0.316. The van der Waals surface area contributed by atoms with Crippen LogP contribution in [0.25, 0.3) is 11.1 Å². The summed E-state index contributed by atoms with van der Waals surface area (Å²) < 4.78 is 6.37. The van der Waals surface area contributed by atoms with Gasteiger partial charge in [-0.25, -0.2) is 5.43 Å². The average molecular weight is 437 g/mol. The molecule has 3 aromatic carbocycles. The van der Waals surface area contributed by atoms with E-state index >= 15 is 0 Å². The molecule has 0 spiro atoms. The van der Waals surface area contributed by atoms with Crippen LogP contribution < -0.4 is 10.2 Å². The Bertz CT molecular complexity index is 954. The first kappa shape index (κ1) is 19.8. The SMILES string of the molecule is CCc1ccc(OCC(=O)NN=Cc2ccc(-c3ccccc3)cc2)c(Br)c1. The van der Waals surface area contributed by atoms with Gasteiger partial charge in [0.1, 0.15) is 5.75 Å². The Hall–Kier alpha value is -2.92. The highest BCUT2D eigenvalue weighted by molar-refractivity contribution is 9.10. The minimum atomic E-state index is -0.316. The van der Waals surface area contributed by atoms with Gasteiger partial charge in [-0.15, -0.1) is 0 Å². The third kappa shape index (κ3) is 5.54. The number of aryl methyl sites for hydroxylation is 1. The molecule has 0 saturated carbocycles. The summed E-state index contributed by atoms with van der Waals surface area (Å²) in [7, 11) is 0. The number of hydrogen-bond donors (Lipinski definition) is 1. The lowest BCUT2D eigenvalue weighted by Gasteiger charge is -2.08. The molecule has 3 aromatic rings. The van der Waals surface area contributed by atoms with Crippen molar-refractivity contribution in [3.05, 3.63) is 88.4 Å². The van der Waals surface area contributed by atoms with Crippen LogP contribution in [0.5, 0.6) is 5.75 Å². The zero-order chi connectivity index (χ0) is 19.8. The van der Waals surface area contributed by atoms with Crippen LogP contribution in [0.4, 0.5) is 0 Å². The Morgan fingerprint density at radius 1 is 1.04 bits per heavy atom. The Morgan fingerprint density at radius 2 is 1.75 bits per heavy atom. The van der Waals surface area contributed by atoms with Gasteiger partial charge in [0.25, 0.3) is 5.91 Å². The van der Waals surface area contributed by atoms with Crippen molar-refractivity contribution in [2.75, 3.05) is 6.61 Å². The first-order valence-corrected chi connectivity index (χ1v) is 9.83. The van der Waals surface area contributed by atoms with Crippen LogP contribution in [-0.4, -0.2) is 18.7 Å². The predicted octanol–water partition coefficient (Wildman–Crippen LogP) is 5.21. The van der Waals surface area contributed by atoms with Crippen LogP contribution in [-0.2, 0) is 11.2 Å². The van der Waals surface area contributed by atoms with Crippen molar-refractivity contribution in [1.29, 1.82) is 0 Å². The van der Waals surface area contributed by atoms with Crippen molar-refractivity contribution in [1.82, 2.24) is 5.43 Å². The lowest BCUT2D eigenvalue weighted by molar-refractivity contribution is -0.123. The quantitative estimate of drug-likeness (QED) is 0.408. The molecule has 0 heterocycles. The average Bonchev–Trinajstić information content (AvgIpc) is 2.74. The normalized spacial score (nSPS) is 10.8. The van der Waals surface area contributed by atoms with E-state index in [1.807, 2.05) is 60.7 Å². The van der Waals surface area contributed by atoms with Crippen molar-refractivity contribution < 1.29 is 9.53 Å². The summed E-state index contributed by atoms with van der Waals surface area (Å²) in [6.07, 6.45) is 2.55. The van der Waals surface area contributed by atoms with Gasteiger partial charge >= 0.3 is 0 Å². The lowest BCUT2D eigenvalue weighted by Crippen LogP contribution is -2.24. The van der Waals surface area contributed by atoms with Gasteiger partial charge < -0.3 is 4.74 Å². The molecular weight excluding hydrogens is 416 g/mol. The van der Waals surface area contributed by atoms with Crippen LogP contribution >= 0.6 is 15.9 Å². The summed E-state index contributed by atoms with van der Waals surface area (Å²) >= 11 is 3.46. The maximum absolute atomic E-state index is 11.9. The van der Waals surface area contributed by atoms with Gasteiger partial charge in [0.15, 0.2) is 6.61 Å². The van der Waals surface area contributed by atoms with E-state index in [0.717, 1.165) is 27.6 Å². The second-order valence-corrected chi connectivity index (χ2v) is 7.04. The second-order valence-electron chi connectivity index (χ2n) is 6.19. The van der Waals surface area contributed by atoms with Gasteiger partial charge in [-0.1, -0.05) is 67.6 Å². The fourth-order valence-corrected chi connectivity index (χ4v) is 3.17. The number of carbonyl (C=O) groups excluding carboxylic acids is 1. The monoisotopic (exact) mass is 436 g/mol. The van der Waals surface area contributed by atoms with Crippen molar-refractivity contribution in [3.8, 4) is 16.9 Å². The van der Waals surface area contributed by atoms with Crippen molar-refractivity contribution >= 4 is 28.1 Å². The maximum atomic E-state index is 11.9. The third-order valence-electron chi connectivity index (χ3n) is 4.18. The largest absolute Gasteiger partial charge is 0.483 e. The first-order valence-electron chi connectivity index (χ1n) is 9.04. The summed E-state index contributed by atoms with van der Waals surface area (Å²) in [6.45, 7) is 1.98. The number of ether oxygens (including phenoxy) is 1.